The summed E-state index contributed by atoms with van der Waals surface area (Å²) in [6.07, 6.45) is 7.72. The van der Waals surface area contributed by atoms with E-state index in [2.05, 4.69) is 64.2 Å². The molecule has 1 aliphatic carbocycles. The molecule has 1 heterocycles. The largest absolute Gasteiger partial charge is 0.494 e. The lowest BCUT2D eigenvalue weighted by atomic mass is 10.0. The Labute approximate surface area is 162 Å². The number of hydrogen-bond acceptors (Lipinski definition) is 4. The van der Waals surface area contributed by atoms with Gasteiger partial charge in [0.05, 0.1) is 13.2 Å². The molecule has 2 aromatic rings. The van der Waals surface area contributed by atoms with Gasteiger partial charge in [-0.3, -0.25) is 4.99 Å². The summed E-state index contributed by atoms with van der Waals surface area (Å²) in [4.78, 5) is 4.36. The average Bonchev–Trinajstić information content (AvgIpc) is 3.39. The Bertz CT molecular complexity index is 746. The van der Waals surface area contributed by atoms with Crippen LogP contribution in [-0.2, 0) is 6.42 Å². The van der Waals surface area contributed by atoms with Gasteiger partial charge in [-0.2, -0.15) is 0 Å². The van der Waals surface area contributed by atoms with Gasteiger partial charge in [0.25, 0.3) is 0 Å². The van der Waals surface area contributed by atoms with Gasteiger partial charge in [0.15, 0.2) is 5.96 Å². The predicted octanol–water partition coefficient (Wildman–Crippen LogP) is 4.61. The molecule has 4 rings (SSSR count). The molecular formula is C23H29N3O. The fraction of sp³-hybridized carbons (Fsp3) is 0.435. The van der Waals surface area contributed by atoms with Crippen LogP contribution in [0.1, 0.15) is 43.2 Å². The highest BCUT2D eigenvalue weighted by Gasteiger charge is 2.14. The first kappa shape index (κ1) is 17.9. The Morgan fingerprint density at radius 3 is 2.33 bits per heavy atom. The van der Waals surface area contributed by atoms with Crippen molar-refractivity contribution in [3.63, 3.8) is 0 Å². The molecule has 0 radical (unpaired) electrons. The van der Waals surface area contributed by atoms with E-state index in [9.17, 15) is 0 Å². The van der Waals surface area contributed by atoms with Gasteiger partial charge >= 0.3 is 0 Å². The highest BCUT2D eigenvalue weighted by atomic mass is 16.5. The van der Waals surface area contributed by atoms with E-state index in [1.54, 1.807) is 0 Å². The Balaban J connectivity index is 1.25. The molecule has 0 aromatic heterocycles. The van der Waals surface area contributed by atoms with E-state index < -0.39 is 0 Å². The molecule has 0 atom stereocenters. The summed E-state index contributed by atoms with van der Waals surface area (Å²) < 4.78 is 5.93. The number of guanidine groups is 1. The van der Waals surface area contributed by atoms with Crippen LogP contribution >= 0.6 is 0 Å². The van der Waals surface area contributed by atoms with E-state index >= 15 is 0 Å². The average molecular weight is 364 g/mol. The molecule has 1 aliphatic heterocycles. The molecule has 0 unspecified atom stereocenters. The van der Waals surface area contributed by atoms with Crippen molar-refractivity contribution in [1.29, 1.82) is 0 Å². The standard InChI is InChI=1S/C23H29N3O/c1-2-4-18(3-1)13-16-27-22-11-7-20(8-12-22)17-19-5-9-21(10-6-19)26-23-24-14-15-25-23/h5-12,18H,1-4,13-17H2,(H2,24,25,26). The van der Waals surface area contributed by atoms with Gasteiger partial charge in [-0.05, 0) is 54.2 Å². The lowest BCUT2D eigenvalue weighted by Crippen LogP contribution is -2.26. The quantitative estimate of drug-likeness (QED) is 0.755. The summed E-state index contributed by atoms with van der Waals surface area (Å²) in [5.74, 6) is 2.74. The molecule has 4 heteroatoms. The Kier molecular flexibility index (Phi) is 5.92. The third-order valence-corrected chi connectivity index (χ3v) is 5.49. The molecule has 2 aliphatic rings. The zero-order chi connectivity index (χ0) is 18.3. The van der Waals surface area contributed by atoms with E-state index in [1.807, 2.05) is 0 Å². The number of aliphatic imine (C=N–C) groups is 1. The van der Waals surface area contributed by atoms with Crippen molar-refractivity contribution in [2.75, 3.05) is 25.0 Å². The highest BCUT2D eigenvalue weighted by Crippen LogP contribution is 2.27. The summed E-state index contributed by atoms with van der Waals surface area (Å²) in [6.45, 7) is 2.61. The van der Waals surface area contributed by atoms with Gasteiger partial charge in [-0.1, -0.05) is 49.9 Å². The highest BCUT2D eigenvalue weighted by molar-refractivity contribution is 5.94. The lowest BCUT2D eigenvalue weighted by Gasteiger charge is -2.11. The number of nitrogens with one attached hydrogen (secondary N) is 2. The monoisotopic (exact) mass is 363 g/mol. The minimum Gasteiger partial charge on any atom is -0.494 e. The maximum Gasteiger partial charge on any atom is 0.195 e. The van der Waals surface area contributed by atoms with Crippen LogP contribution in [0, 0.1) is 5.92 Å². The van der Waals surface area contributed by atoms with Gasteiger partial charge in [-0.15, -0.1) is 0 Å². The first-order valence-corrected chi connectivity index (χ1v) is 10.2. The third-order valence-electron chi connectivity index (χ3n) is 5.49. The maximum atomic E-state index is 5.93. The molecule has 27 heavy (non-hydrogen) atoms. The van der Waals surface area contributed by atoms with Crippen LogP contribution in [-0.4, -0.2) is 25.7 Å². The van der Waals surface area contributed by atoms with Crippen molar-refractivity contribution in [3.8, 4) is 5.75 Å². The number of hydrogen-bond donors (Lipinski definition) is 2. The van der Waals surface area contributed by atoms with Gasteiger partial charge in [0.1, 0.15) is 5.75 Å². The van der Waals surface area contributed by atoms with E-state index in [0.717, 1.165) is 49.4 Å². The molecule has 0 spiro atoms. The number of ether oxygens (including phenoxy) is 1. The van der Waals surface area contributed by atoms with Crippen LogP contribution in [0.3, 0.4) is 0 Å². The van der Waals surface area contributed by atoms with E-state index in [0.29, 0.717) is 0 Å². The summed E-state index contributed by atoms with van der Waals surface area (Å²) in [7, 11) is 0. The number of rotatable bonds is 7. The molecule has 0 amide bonds. The van der Waals surface area contributed by atoms with Gasteiger partial charge < -0.3 is 15.4 Å². The second-order valence-electron chi connectivity index (χ2n) is 7.59. The topological polar surface area (TPSA) is 45.7 Å². The van der Waals surface area contributed by atoms with Crippen LogP contribution in [0.25, 0.3) is 0 Å². The fourth-order valence-corrected chi connectivity index (χ4v) is 3.91. The Morgan fingerprint density at radius 2 is 1.67 bits per heavy atom. The normalized spacial score (nSPS) is 16.8. The molecule has 0 saturated heterocycles. The van der Waals surface area contributed by atoms with E-state index in [1.165, 1.54) is 43.2 Å². The molecule has 2 aromatic carbocycles. The van der Waals surface area contributed by atoms with Crippen molar-refractivity contribution in [2.45, 2.75) is 38.5 Å². The number of nitrogens with zero attached hydrogens (tertiary/aromatic N) is 1. The maximum absolute atomic E-state index is 5.93. The zero-order valence-electron chi connectivity index (χ0n) is 15.9. The van der Waals surface area contributed by atoms with Crippen molar-refractivity contribution in [2.24, 2.45) is 10.9 Å². The zero-order valence-corrected chi connectivity index (χ0v) is 15.9. The van der Waals surface area contributed by atoms with Crippen LogP contribution < -0.4 is 15.4 Å². The van der Waals surface area contributed by atoms with E-state index in [-0.39, 0.29) is 0 Å². The van der Waals surface area contributed by atoms with E-state index in [4.69, 9.17) is 4.74 Å². The van der Waals surface area contributed by atoms with Crippen molar-refractivity contribution >= 4 is 11.6 Å². The van der Waals surface area contributed by atoms with Crippen molar-refractivity contribution in [1.82, 2.24) is 5.32 Å². The molecule has 4 nitrogen and oxygen atoms in total. The summed E-state index contributed by atoms with van der Waals surface area (Å²) in [5, 5.41) is 6.52. The molecule has 142 valence electrons. The van der Waals surface area contributed by atoms with Gasteiger partial charge in [0.2, 0.25) is 0 Å². The van der Waals surface area contributed by atoms with Crippen molar-refractivity contribution < 1.29 is 4.74 Å². The second kappa shape index (κ2) is 8.94. The van der Waals surface area contributed by atoms with Crippen LogP contribution in [0.15, 0.2) is 53.5 Å². The lowest BCUT2D eigenvalue weighted by molar-refractivity contribution is 0.279. The number of anilines is 1. The minimum atomic E-state index is 0.846. The molecule has 1 fully saturated rings. The number of benzene rings is 2. The third kappa shape index (κ3) is 5.25. The predicted molar refractivity (Wildman–Crippen MR) is 112 cm³/mol. The molecular weight excluding hydrogens is 334 g/mol. The Hall–Kier alpha value is -2.49. The fourth-order valence-electron chi connectivity index (χ4n) is 3.91. The molecule has 1 saturated carbocycles. The minimum absolute atomic E-state index is 0.846. The van der Waals surface area contributed by atoms with Crippen LogP contribution in [0.4, 0.5) is 5.69 Å². The van der Waals surface area contributed by atoms with Gasteiger partial charge in [0, 0.05) is 12.2 Å². The summed E-state index contributed by atoms with van der Waals surface area (Å²) in [6, 6.07) is 17.1. The van der Waals surface area contributed by atoms with Crippen LogP contribution in [0.2, 0.25) is 0 Å². The molecule has 2 N–H and O–H groups in total. The smallest absolute Gasteiger partial charge is 0.195 e. The molecule has 0 bridgehead atoms. The Morgan fingerprint density at radius 1 is 0.963 bits per heavy atom. The van der Waals surface area contributed by atoms with Gasteiger partial charge in [-0.25, -0.2) is 0 Å². The summed E-state index contributed by atoms with van der Waals surface area (Å²) >= 11 is 0. The van der Waals surface area contributed by atoms with Crippen molar-refractivity contribution in [3.05, 3.63) is 59.7 Å². The summed E-state index contributed by atoms with van der Waals surface area (Å²) in [5.41, 5.74) is 3.68. The van der Waals surface area contributed by atoms with Crippen LogP contribution in [0.5, 0.6) is 5.75 Å². The first-order chi connectivity index (χ1) is 13.3. The second-order valence-corrected chi connectivity index (χ2v) is 7.59. The SMILES string of the molecule is c1cc(NC2=NCCN2)ccc1Cc1ccc(OCCC2CCCC2)cc1. The first-order valence-electron chi connectivity index (χ1n) is 10.2.